The van der Waals surface area contributed by atoms with Gasteiger partial charge in [0.25, 0.3) is 5.91 Å². The van der Waals surface area contributed by atoms with Crippen LogP contribution in [-0.4, -0.2) is 41.9 Å². The van der Waals surface area contributed by atoms with Crippen LogP contribution in [0.3, 0.4) is 0 Å². The number of amides is 1. The average Bonchev–Trinajstić information content (AvgIpc) is 3.59. The lowest BCUT2D eigenvalue weighted by Crippen LogP contribution is -2.36. The average molecular weight is 421 g/mol. The van der Waals surface area contributed by atoms with E-state index in [1.54, 1.807) is 0 Å². The molecule has 2 aliphatic rings. The minimum Gasteiger partial charge on any atom is -0.483 e. The van der Waals surface area contributed by atoms with Crippen molar-refractivity contribution in [2.24, 2.45) is 11.8 Å². The fourth-order valence-electron chi connectivity index (χ4n) is 4.33. The second-order valence-electron chi connectivity index (χ2n) is 9.59. The topological polar surface area (TPSA) is 32.8 Å². The van der Waals surface area contributed by atoms with Crippen molar-refractivity contribution in [3.8, 4) is 5.75 Å². The van der Waals surface area contributed by atoms with Crippen molar-refractivity contribution in [1.29, 1.82) is 0 Å². The highest BCUT2D eigenvalue weighted by Crippen LogP contribution is 2.33. The van der Waals surface area contributed by atoms with Gasteiger partial charge < -0.3 is 9.64 Å². The molecule has 31 heavy (non-hydrogen) atoms. The second-order valence-corrected chi connectivity index (χ2v) is 9.59. The van der Waals surface area contributed by atoms with Crippen LogP contribution in [0.5, 0.6) is 5.75 Å². The first-order valence-corrected chi connectivity index (χ1v) is 11.9. The van der Waals surface area contributed by atoms with Crippen LogP contribution in [0.15, 0.2) is 48.5 Å². The van der Waals surface area contributed by atoms with Gasteiger partial charge in [0.15, 0.2) is 6.61 Å². The molecular weight excluding hydrogens is 384 g/mol. The number of carbonyl (C=O) groups is 1. The Morgan fingerprint density at radius 2 is 1.94 bits per heavy atom. The third-order valence-corrected chi connectivity index (χ3v) is 6.41. The molecule has 1 heterocycles. The van der Waals surface area contributed by atoms with E-state index in [4.69, 9.17) is 4.74 Å². The third kappa shape index (κ3) is 6.33. The molecule has 0 unspecified atom stereocenters. The minimum absolute atomic E-state index is 0.0632. The van der Waals surface area contributed by atoms with Crippen LogP contribution in [-0.2, 0) is 24.3 Å². The molecule has 1 saturated carbocycles. The predicted octanol–water partition coefficient (Wildman–Crippen LogP) is 4.91. The van der Waals surface area contributed by atoms with Crippen LogP contribution >= 0.6 is 0 Å². The van der Waals surface area contributed by atoms with Crippen molar-refractivity contribution in [1.82, 2.24) is 9.80 Å². The van der Waals surface area contributed by atoms with Crippen LogP contribution < -0.4 is 4.74 Å². The molecule has 0 radical (unpaired) electrons. The van der Waals surface area contributed by atoms with Gasteiger partial charge in [0.2, 0.25) is 0 Å². The number of nitrogens with zero attached hydrogens (tertiary/aromatic N) is 2. The molecule has 0 N–H and O–H groups in total. The Labute approximate surface area is 187 Å². The van der Waals surface area contributed by atoms with E-state index in [1.807, 2.05) is 29.2 Å². The summed E-state index contributed by atoms with van der Waals surface area (Å²) in [6.07, 6.45) is 4.79. The van der Waals surface area contributed by atoms with Crippen molar-refractivity contribution >= 4 is 5.91 Å². The molecule has 0 bridgehead atoms. The molecule has 1 aliphatic carbocycles. The lowest BCUT2D eigenvalue weighted by atomic mass is 9.98. The Hall–Kier alpha value is -2.33. The van der Waals surface area contributed by atoms with Crippen molar-refractivity contribution in [3.63, 3.8) is 0 Å². The number of benzene rings is 2. The highest BCUT2D eigenvalue weighted by atomic mass is 16.5. The first-order chi connectivity index (χ1) is 15.1. The quantitative estimate of drug-likeness (QED) is 0.548. The zero-order valence-corrected chi connectivity index (χ0v) is 19.1. The Balaban J connectivity index is 1.38. The highest BCUT2D eigenvalue weighted by Gasteiger charge is 2.27. The monoisotopic (exact) mass is 420 g/mol. The number of rotatable bonds is 10. The van der Waals surface area contributed by atoms with Crippen LogP contribution in [0, 0.1) is 11.8 Å². The molecule has 166 valence electrons. The molecule has 4 nitrogen and oxygen atoms in total. The van der Waals surface area contributed by atoms with Gasteiger partial charge >= 0.3 is 0 Å². The van der Waals surface area contributed by atoms with E-state index in [9.17, 15) is 4.79 Å². The predicted molar refractivity (Wildman–Crippen MR) is 125 cm³/mol. The third-order valence-electron chi connectivity index (χ3n) is 6.41. The van der Waals surface area contributed by atoms with Gasteiger partial charge in [-0.1, -0.05) is 56.3 Å². The maximum Gasteiger partial charge on any atom is 0.260 e. The number of hydrogen-bond donors (Lipinski definition) is 0. The van der Waals surface area contributed by atoms with Gasteiger partial charge in [-0.25, -0.2) is 0 Å². The van der Waals surface area contributed by atoms with Gasteiger partial charge in [-0.2, -0.15) is 0 Å². The molecule has 1 aliphatic heterocycles. The van der Waals surface area contributed by atoms with E-state index in [2.05, 4.69) is 43.0 Å². The molecule has 1 amide bonds. The number of fused-ring (bicyclic) bond motifs is 1. The number of ether oxygens (including phenoxy) is 1. The fraction of sp³-hybridized carbons (Fsp3) is 0.519. The van der Waals surface area contributed by atoms with Crippen LogP contribution in [0.1, 0.15) is 49.8 Å². The summed E-state index contributed by atoms with van der Waals surface area (Å²) in [7, 11) is 0. The fourth-order valence-corrected chi connectivity index (χ4v) is 4.33. The van der Waals surface area contributed by atoms with E-state index in [1.165, 1.54) is 30.5 Å². The Morgan fingerprint density at radius 3 is 2.68 bits per heavy atom. The van der Waals surface area contributed by atoms with Crippen molar-refractivity contribution in [2.45, 2.75) is 52.6 Å². The summed E-state index contributed by atoms with van der Waals surface area (Å²) in [5.74, 6) is 2.43. The maximum atomic E-state index is 13.1. The van der Waals surface area contributed by atoms with Crippen LogP contribution in [0.2, 0.25) is 0 Å². The van der Waals surface area contributed by atoms with E-state index in [0.29, 0.717) is 12.5 Å². The van der Waals surface area contributed by atoms with Gasteiger partial charge in [0.1, 0.15) is 5.75 Å². The summed E-state index contributed by atoms with van der Waals surface area (Å²) >= 11 is 0. The second kappa shape index (κ2) is 10.3. The molecule has 4 heteroatoms. The van der Waals surface area contributed by atoms with E-state index in [-0.39, 0.29) is 12.5 Å². The number of carbonyl (C=O) groups excluding carboxylic acids is 1. The van der Waals surface area contributed by atoms with E-state index in [0.717, 1.165) is 49.7 Å². The van der Waals surface area contributed by atoms with Gasteiger partial charge in [0.05, 0.1) is 0 Å². The summed E-state index contributed by atoms with van der Waals surface area (Å²) in [5, 5.41) is 0. The SMILES string of the molecule is CC(C)CCN(Cc1ccccc1)C(=O)COc1cccc2c1CCN(CC1CC1)C2. The lowest BCUT2D eigenvalue weighted by Gasteiger charge is -2.30. The molecule has 2 aromatic carbocycles. The smallest absolute Gasteiger partial charge is 0.260 e. The zero-order valence-electron chi connectivity index (χ0n) is 19.1. The van der Waals surface area contributed by atoms with Crippen molar-refractivity contribution in [2.75, 3.05) is 26.2 Å². The molecule has 2 aromatic rings. The number of hydrogen-bond acceptors (Lipinski definition) is 3. The van der Waals surface area contributed by atoms with Crippen LogP contribution in [0.4, 0.5) is 0 Å². The molecule has 4 rings (SSSR count). The lowest BCUT2D eigenvalue weighted by molar-refractivity contribution is -0.134. The summed E-state index contributed by atoms with van der Waals surface area (Å²) in [6, 6.07) is 16.5. The molecule has 0 atom stereocenters. The van der Waals surface area contributed by atoms with Crippen molar-refractivity contribution in [3.05, 3.63) is 65.2 Å². The van der Waals surface area contributed by atoms with E-state index < -0.39 is 0 Å². The first kappa shape index (κ1) is 21.9. The van der Waals surface area contributed by atoms with E-state index >= 15 is 0 Å². The summed E-state index contributed by atoms with van der Waals surface area (Å²) in [6.45, 7) is 9.23. The maximum absolute atomic E-state index is 13.1. The Morgan fingerprint density at radius 1 is 1.13 bits per heavy atom. The molecule has 0 saturated heterocycles. The van der Waals surface area contributed by atoms with Gasteiger partial charge in [-0.05, 0) is 60.3 Å². The largest absolute Gasteiger partial charge is 0.483 e. The molecule has 1 fully saturated rings. The minimum atomic E-state index is 0.0632. The van der Waals surface area contributed by atoms with Gasteiger partial charge in [-0.15, -0.1) is 0 Å². The Bertz CT molecular complexity index is 861. The molecular formula is C27H36N2O2. The summed E-state index contributed by atoms with van der Waals surface area (Å²) in [5.41, 5.74) is 3.81. The van der Waals surface area contributed by atoms with Crippen molar-refractivity contribution < 1.29 is 9.53 Å². The first-order valence-electron chi connectivity index (χ1n) is 11.9. The summed E-state index contributed by atoms with van der Waals surface area (Å²) in [4.78, 5) is 17.6. The molecule has 0 spiro atoms. The van der Waals surface area contributed by atoms with Crippen LogP contribution in [0.25, 0.3) is 0 Å². The molecule has 0 aromatic heterocycles. The van der Waals surface area contributed by atoms with Gasteiger partial charge in [0, 0.05) is 32.7 Å². The van der Waals surface area contributed by atoms with Gasteiger partial charge in [-0.3, -0.25) is 9.69 Å². The summed E-state index contributed by atoms with van der Waals surface area (Å²) < 4.78 is 6.11. The highest BCUT2D eigenvalue weighted by molar-refractivity contribution is 5.77. The zero-order chi connectivity index (χ0) is 21.6. The Kier molecular flexibility index (Phi) is 7.29. The standard InChI is InChI=1S/C27H36N2O2/c1-21(2)13-16-29(18-22-7-4-3-5-8-22)27(30)20-31-26-10-6-9-24-19-28(15-14-25(24)26)17-23-11-12-23/h3-10,21,23H,11-20H2,1-2H3. The normalized spacial score (nSPS) is 16.2.